The zero-order chi connectivity index (χ0) is 12.5. The molecule has 1 saturated carbocycles. The first-order chi connectivity index (χ1) is 8.75. The zero-order valence-electron chi connectivity index (χ0n) is 11.2. The molecule has 98 valence electrons. The van der Waals surface area contributed by atoms with Gasteiger partial charge in [-0.3, -0.25) is 4.90 Å². The Morgan fingerprint density at radius 1 is 1.50 bits per heavy atom. The van der Waals surface area contributed by atoms with Gasteiger partial charge in [0, 0.05) is 12.6 Å². The number of likely N-dealkylation sites (N-methyl/N-ethyl adjacent to an activating group) is 1. The predicted molar refractivity (Wildman–Crippen MR) is 72.3 cm³/mol. The number of hydrogen-bond donors (Lipinski definition) is 1. The molecule has 0 saturated heterocycles. The summed E-state index contributed by atoms with van der Waals surface area (Å²) in [6.45, 7) is 0.961. The predicted octanol–water partition coefficient (Wildman–Crippen LogP) is 2.44. The summed E-state index contributed by atoms with van der Waals surface area (Å²) in [5, 5.41) is 3.71. The first kappa shape index (κ1) is 12.0. The lowest BCUT2D eigenvalue weighted by Gasteiger charge is -2.41. The number of allylic oxidation sites excluding steroid dienone is 1. The van der Waals surface area contributed by atoms with E-state index in [-0.39, 0.29) is 0 Å². The standard InChI is InChI=1S/C15H22N2O/c1-17(2)14(15-7-4-8-18-15)10-16-13-9-11-5-3-6-12(11)13/h3-4,6-8,11-14,16H,5,9-10H2,1-2H3. The highest BCUT2D eigenvalue weighted by Crippen LogP contribution is 2.42. The molecule has 3 rings (SSSR count). The molecule has 1 N–H and O–H groups in total. The largest absolute Gasteiger partial charge is 0.468 e. The third kappa shape index (κ3) is 2.13. The van der Waals surface area contributed by atoms with Crippen molar-refractivity contribution in [2.45, 2.75) is 24.9 Å². The number of furan rings is 1. The van der Waals surface area contributed by atoms with Gasteiger partial charge in [0.05, 0.1) is 12.3 Å². The average Bonchev–Trinajstić information content (AvgIpc) is 2.93. The lowest BCUT2D eigenvalue weighted by Crippen LogP contribution is -2.50. The second-order valence-corrected chi connectivity index (χ2v) is 5.75. The molecule has 3 heteroatoms. The minimum absolute atomic E-state index is 0.324. The molecule has 0 spiro atoms. The Balaban J connectivity index is 1.56. The highest BCUT2D eigenvalue weighted by Gasteiger charge is 2.40. The molecule has 1 fully saturated rings. The third-order valence-electron chi connectivity index (χ3n) is 4.43. The van der Waals surface area contributed by atoms with Gasteiger partial charge in [-0.15, -0.1) is 0 Å². The maximum atomic E-state index is 5.53. The third-order valence-corrected chi connectivity index (χ3v) is 4.43. The quantitative estimate of drug-likeness (QED) is 0.809. The molecule has 1 aromatic heterocycles. The van der Waals surface area contributed by atoms with Crippen LogP contribution in [0.1, 0.15) is 24.6 Å². The van der Waals surface area contributed by atoms with Crippen LogP contribution in [0.4, 0.5) is 0 Å². The molecule has 0 aliphatic heterocycles. The van der Waals surface area contributed by atoms with Crippen LogP contribution in [0, 0.1) is 11.8 Å². The van der Waals surface area contributed by atoms with Crippen LogP contribution >= 0.6 is 0 Å². The Hall–Kier alpha value is -1.06. The highest BCUT2D eigenvalue weighted by atomic mass is 16.3. The molecule has 2 aliphatic carbocycles. The van der Waals surface area contributed by atoms with Gasteiger partial charge < -0.3 is 9.73 Å². The Bertz CT molecular complexity index is 410. The van der Waals surface area contributed by atoms with Crippen LogP contribution < -0.4 is 5.32 Å². The van der Waals surface area contributed by atoms with Crippen LogP contribution in [0.2, 0.25) is 0 Å². The minimum Gasteiger partial charge on any atom is -0.468 e. The molecule has 0 amide bonds. The smallest absolute Gasteiger partial charge is 0.122 e. The summed E-state index contributed by atoms with van der Waals surface area (Å²) in [4.78, 5) is 2.21. The van der Waals surface area contributed by atoms with Gasteiger partial charge in [-0.2, -0.15) is 0 Å². The van der Waals surface area contributed by atoms with Crippen molar-refractivity contribution in [2.24, 2.45) is 11.8 Å². The van der Waals surface area contributed by atoms with Crippen molar-refractivity contribution in [3.8, 4) is 0 Å². The molecular formula is C15H22N2O. The molecule has 4 unspecified atom stereocenters. The summed E-state index contributed by atoms with van der Waals surface area (Å²) in [6.07, 6.45) is 9.11. The summed E-state index contributed by atoms with van der Waals surface area (Å²) in [5.74, 6) is 2.75. The number of nitrogens with one attached hydrogen (secondary N) is 1. The number of hydrogen-bond acceptors (Lipinski definition) is 3. The number of fused-ring (bicyclic) bond motifs is 1. The average molecular weight is 246 g/mol. The molecule has 0 bridgehead atoms. The van der Waals surface area contributed by atoms with Gasteiger partial charge >= 0.3 is 0 Å². The van der Waals surface area contributed by atoms with Crippen LogP contribution in [0.3, 0.4) is 0 Å². The van der Waals surface area contributed by atoms with E-state index < -0.39 is 0 Å². The topological polar surface area (TPSA) is 28.4 Å². The molecule has 1 heterocycles. The maximum absolute atomic E-state index is 5.53. The van der Waals surface area contributed by atoms with Crippen molar-refractivity contribution in [1.82, 2.24) is 10.2 Å². The van der Waals surface area contributed by atoms with Crippen LogP contribution in [0.25, 0.3) is 0 Å². The Morgan fingerprint density at radius 2 is 2.39 bits per heavy atom. The fourth-order valence-electron chi connectivity index (χ4n) is 3.23. The summed E-state index contributed by atoms with van der Waals surface area (Å²) >= 11 is 0. The van der Waals surface area contributed by atoms with Crippen molar-refractivity contribution in [3.63, 3.8) is 0 Å². The summed E-state index contributed by atoms with van der Waals surface area (Å²) < 4.78 is 5.53. The van der Waals surface area contributed by atoms with Gasteiger partial charge in [-0.05, 0) is 50.9 Å². The van der Waals surface area contributed by atoms with Gasteiger partial charge in [-0.25, -0.2) is 0 Å². The first-order valence-corrected chi connectivity index (χ1v) is 6.85. The van der Waals surface area contributed by atoms with E-state index in [0.717, 1.165) is 24.1 Å². The van der Waals surface area contributed by atoms with Gasteiger partial charge in [-0.1, -0.05) is 12.2 Å². The van der Waals surface area contributed by atoms with E-state index in [4.69, 9.17) is 4.42 Å². The summed E-state index contributed by atoms with van der Waals surface area (Å²) in [6, 6.07) is 5.02. The van der Waals surface area contributed by atoms with Gasteiger partial charge in [0.25, 0.3) is 0 Å². The summed E-state index contributed by atoms with van der Waals surface area (Å²) in [5.41, 5.74) is 0. The normalized spacial score (nSPS) is 31.4. The zero-order valence-corrected chi connectivity index (χ0v) is 11.2. The number of nitrogens with zero attached hydrogens (tertiary/aromatic N) is 1. The van der Waals surface area contributed by atoms with E-state index >= 15 is 0 Å². The molecular weight excluding hydrogens is 224 g/mol. The SMILES string of the molecule is CN(C)C(CNC1CC2CC=CC21)c1ccco1. The van der Waals surface area contributed by atoms with E-state index in [1.165, 1.54) is 12.8 Å². The van der Waals surface area contributed by atoms with Crippen LogP contribution in [-0.2, 0) is 0 Å². The lowest BCUT2D eigenvalue weighted by atomic mass is 9.71. The molecule has 1 aromatic rings. The number of rotatable bonds is 5. The fourth-order valence-corrected chi connectivity index (χ4v) is 3.23. The molecule has 2 aliphatic rings. The Kier molecular flexibility index (Phi) is 3.27. The second-order valence-electron chi connectivity index (χ2n) is 5.75. The summed E-state index contributed by atoms with van der Waals surface area (Å²) in [7, 11) is 4.21. The van der Waals surface area contributed by atoms with Crippen molar-refractivity contribution in [3.05, 3.63) is 36.3 Å². The maximum Gasteiger partial charge on any atom is 0.122 e. The molecule has 18 heavy (non-hydrogen) atoms. The van der Waals surface area contributed by atoms with Crippen LogP contribution in [-0.4, -0.2) is 31.6 Å². The fraction of sp³-hybridized carbons (Fsp3) is 0.600. The first-order valence-electron chi connectivity index (χ1n) is 6.85. The van der Waals surface area contributed by atoms with Crippen molar-refractivity contribution < 1.29 is 4.42 Å². The van der Waals surface area contributed by atoms with Crippen molar-refractivity contribution >= 4 is 0 Å². The Labute approximate surface area is 109 Å². The highest BCUT2D eigenvalue weighted by molar-refractivity contribution is 5.13. The van der Waals surface area contributed by atoms with Crippen molar-refractivity contribution in [1.29, 1.82) is 0 Å². The van der Waals surface area contributed by atoms with Crippen LogP contribution in [0.5, 0.6) is 0 Å². The van der Waals surface area contributed by atoms with E-state index in [1.807, 2.05) is 6.07 Å². The molecule has 4 atom stereocenters. The van der Waals surface area contributed by atoms with E-state index in [1.54, 1.807) is 6.26 Å². The van der Waals surface area contributed by atoms with E-state index in [0.29, 0.717) is 12.1 Å². The van der Waals surface area contributed by atoms with Gasteiger partial charge in [0.1, 0.15) is 5.76 Å². The van der Waals surface area contributed by atoms with Gasteiger partial charge in [0.2, 0.25) is 0 Å². The van der Waals surface area contributed by atoms with E-state index in [2.05, 4.69) is 42.5 Å². The lowest BCUT2D eigenvalue weighted by molar-refractivity contribution is 0.146. The monoisotopic (exact) mass is 246 g/mol. The second kappa shape index (κ2) is 4.90. The van der Waals surface area contributed by atoms with Crippen LogP contribution in [0.15, 0.2) is 35.0 Å². The molecule has 0 aromatic carbocycles. The minimum atomic E-state index is 0.324. The molecule has 3 nitrogen and oxygen atoms in total. The Morgan fingerprint density at radius 3 is 3.06 bits per heavy atom. The van der Waals surface area contributed by atoms with E-state index in [9.17, 15) is 0 Å². The van der Waals surface area contributed by atoms with Crippen molar-refractivity contribution in [2.75, 3.05) is 20.6 Å². The molecule has 0 radical (unpaired) electrons. The van der Waals surface area contributed by atoms with Gasteiger partial charge in [0.15, 0.2) is 0 Å².